The Hall–Kier alpha value is -4.32. The molecule has 0 saturated carbocycles. The van der Waals surface area contributed by atoms with E-state index in [2.05, 4.69) is 64.1 Å². The molecule has 1 aliphatic rings. The predicted octanol–water partition coefficient (Wildman–Crippen LogP) is 8.68. The molecular formula is C40H50N2O4. The minimum absolute atomic E-state index is 0.576. The molecule has 0 saturated heterocycles. The van der Waals surface area contributed by atoms with Crippen molar-refractivity contribution in [1.82, 2.24) is 0 Å². The molecule has 5 rings (SSSR count). The van der Waals surface area contributed by atoms with Crippen molar-refractivity contribution in [3.63, 3.8) is 0 Å². The van der Waals surface area contributed by atoms with E-state index >= 15 is 0 Å². The highest BCUT2D eigenvalue weighted by molar-refractivity contribution is 5.62. The van der Waals surface area contributed by atoms with Gasteiger partial charge in [0, 0.05) is 59.3 Å². The summed E-state index contributed by atoms with van der Waals surface area (Å²) in [4.78, 5) is 0. The summed E-state index contributed by atoms with van der Waals surface area (Å²) in [5.41, 5.74) is 23.3. The minimum Gasteiger partial charge on any atom is -0.493 e. The number of rotatable bonds is 12. The Morgan fingerprint density at radius 2 is 0.652 bits per heavy atom. The molecule has 0 amide bonds. The molecule has 46 heavy (non-hydrogen) atoms. The van der Waals surface area contributed by atoms with Crippen LogP contribution in [0.1, 0.15) is 97.9 Å². The van der Waals surface area contributed by atoms with Gasteiger partial charge < -0.3 is 30.4 Å². The third kappa shape index (κ3) is 7.72. The van der Waals surface area contributed by atoms with Gasteiger partial charge in [0.05, 0.1) is 26.4 Å². The molecule has 0 unspecified atom stereocenters. The summed E-state index contributed by atoms with van der Waals surface area (Å²) >= 11 is 0. The molecule has 0 atom stereocenters. The van der Waals surface area contributed by atoms with Gasteiger partial charge in [-0.2, -0.15) is 0 Å². The second kappa shape index (κ2) is 15.8. The lowest BCUT2D eigenvalue weighted by Crippen LogP contribution is -2.10. The first kappa shape index (κ1) is 33.1. The quantitative estimate of drug-likeness (QED) is 0.135. The fraction of sp³-hybridized carbons (Fsp3) is 0.400. The molecule has 4 aromatic carbocycles. The molecule has 0 aromatic heterocycles. The first-order valence-electron chi connectivity index (χ1n) is 17.0. The molecule has 0 fully saturated rings. The van der Waals surface area contributed by atoms with Gasteiger partial charge in [-0.25, -0.2) is 0 Å². The monoisotopic (exact) mass is 622 g/mol. The van der Waals surface area contributed by atoms with Gasteiger partial charge >= 0.3 is 0 Å². The number of nitrogen functional groups attached to an aromatic ring is 2. The predicted molar refractivity (Wildman–Crippen MR) is 189 cm³/mol. The third-order valence-electron chi connectivity index (χ3n) is 8.21. The number of hydrogen-bond donors (Lipinski definition) is 2. The van der Waals surface area contributed by atoms with Gasteiger partial charge in [0.25, 0.3) is 0 Å². The number of para-hydroxylation sites is 2. The molecule has 0 heterocycles. The Bertz CT molecular complexity index is 1510. The highest BCUT2D eigenvalue weighted by Crippen LogP contribution is 2.40. The molecule has 0 spiro atoms. The summed E-state index contributed by atoms with van der Waals surface area (Å²) in [7, 11) is 0. The van der Waals surface area contributed by atoms with Gasteiger partial charge in [-0.05, 0) is 72.2 Å². The number of benzene rings is 4. The average Bonchev–Trinajstić information content (AvgIpc) is 3.03. The summed E-state index contributed by atoms with van der Waals surface area (Å²) in [5, 5.41) is 0. The van der Waals surface area contributed by atoms with Crippen molar-refractivity contribution in [1.29, 1.82) is 0 Å². The molecule has 6 nitrogen and oxygen atoms in total. The van der Waals surface area contributed by atoms with Crippen LogP contribution in [0.5, 0.6) is 23.0 Å². The highest BCUT2D eigenvalue weighted by Gasteiger charge is 2.22. The topological polar surface area (TPSA) is 89.0 Å². The second-order valence-electron chi connectivity index (χ2n) is 12.2. The van der Waals surface area contributed by atoms with Crippen LogP contribution in [0.3, 0.4) is 0 Å². The van der Waals surface area contributed by atoms with Crippen molar-refractivity contribution in [2.24, 2.45) is 0 Å². The van der Waals surface area contributed by atoms with Crippen molar-refractivity contribution < 1.29 is 18.9 Å². The zero-order chi connectivity index (χ0) is 32.5. The molecule has 0 aliphatic heterocycles. The zero-order valence-corrected chi connectivity index (χ0v) is 28.0. The van der Waals surface area contributed by atoms with Crippen LogP contribution in [0.4, 0.5) is 11.4 Å². The van der Waals surface area contributed by atoms with E-state index in [1.807, 2.05) is 24.3 Å². The van der Waals surface area contributed by atoms with Gasteiger partial charge in [-0.15, -0.1) is 0 Å². The van der Waals surface area contributed by atoms with E-state index in [0.717, 1.165) is 93.2 Å². The Morgan fingerprint density at radius 3 is 0.935 bits per heavy atom. The third-order valence-corrected chi connectivity index (χ3v) is 8.21. The maximum Gasteiger partial charge on any atom is 0.126 e. The van der Waals surface area contributed by atoms with Crippen LogP contribution < -0.4 is 30.4 Å². The Kier molecular flexibility index (Phi) is 11.4. The van der Waals surface area contributed by atoms with Crippen LogP contribution in [0.25, 0.3) is 0 Å². The highest BCUT2D eigenvalue weighted by atomic mass is 16.5. The maximum atomic E-state index is 6.61. The van der Waals surface area contributed by atoms with E-state index in [9.17, 15) is 0 Å². The number of ether oxygens (including phenoxy) is 4. The Balaban J connectivity index is 1.79. The molecule has 4 aromatic rings. The van der Waals surface area contributed by atoms with Crippen molar-refractivity contribution in [2.75, 3.05) is 37.9 Å². The lowest BCUT2D eigenvalue weighted by Gasteiger charge is -2.23. The molecule has 1 aliphatic carbocycles. The van der Waals surface area contributed by atoms with Crippen molar-refractivity contribution in [2.45, 2.75) is 79.1 Å². The van der Waals surface area contributed by atoms with E-state index in [1.165, 1.54) is 0 Å². The smallest absolute Gasteiger partial charge is 0.126 e. The lowest BCUT2D eigenvalue weighted by atomic mass is 9.90. The van der Waals surface area contributed by atoms with Gasteiger partial charge in [0.1, 0.15) is 23.0 Å². The molecule has 244 valence electrons. The van der Waals surface area contributed by atoms with Gasteiger partial charge in [0.2, 0.25) is 0 Å². The van der Waals surface area contributed by atoms with Crippen LogP contribution in [0.15, 0.2) is 60.7 Å². The number of nitrogens with two attached hydrogens (primary N) is 2. The first-order valence-corrected chi connectivity index (χ1v) is 17.0. The van der Waals surface area contributed by atoms with Gasteiger partial charge in [-0.3, -0.25) is 0 Å². The first-order chi connectivity index (χ1) is 22.4. The zero-order valence-electron chi connectivity index (χ0n) is 28.0. The fourth-order valence-corrected chi connectivity index (χ4v) is 6.30. The maximum absolute atomic E-state index is 6.61. The standard InChI is InChI=1S/C40H50N2O4/c1-5-15-43-37-27-11-9-13-29(37)20-31-23-35(41)25-33(39(31)45-17-7-3)22-34-26-36(42)24-32(40(34)46-18-8-4)21-30-14-10-12-28(19-27)38(30)44-16-6-2/h9-14,23-26H,5-8,15-22,41-42H2,1-4H3. The van der Waals surface area contributed by atoms with Crippen LogP contribution in [0, 0.1) is 0 Å². The fourth-order valence-electron chi connectivity index (χ4n) is 6.30. The van der Waals surface area contributed by atoms with Crippen LogP contribution in [0.2, 0.25) is 0 Å². The molecule has 8 bridgehead atoms. The molecule has 0 radical (unpaired) electrons. The summed E-state index contributed by atoms with van der Waals surface area (Å²) in [5.74, 6) is 3.62. The van der Waals surface area contributed by atoms with Crippen LogP contribution >= 0.6 is 0 Å². The minimum atomic E-state index is 0.576. The van der Waals surface area contributed by atoms with Gasteiger partial charge in [0.15, 0.2) is 0 Å². The average molecular weight is 623 g/mol. The number of hydrogen-bond acceptors (Lipinski definition) is 6. The SMILES string of the molecule is CCCOc1c2cccc1Cc1cc(N)cc(c1OCCC)Cc1cc(N)cc(c1OCCC)Cc1cccc(c1OCCC)C2. The lowest BCUT2D eigenvalue weighted by molar-refractivity contribution is 0.304. The Labute approximate surface area is 275 Å². The second-order valence-corrected chi connectivity index (χ2v) is 12.2. The van der Waals surface area contributed by atoms with Crippen LogP contribution in [-0.4, -0.2) is 26.4 Å². The van der Waals surface area contributed by atoms with Gasteiger partial charge in [-0.1, -0.05) is 64.1 Å². The summed E-state index contributed by atoms with van der Waals surface area (Å²) < 4.78 is 26.1. The van der Waals surface area contributed by atoms with E-state index in [-0.39, 0.29) is 0 Å². The largest absolute Gasteiger partial charge is 0.493 e. The normalized spacial score (nSPS) is 12.4. The molecule has 4 N–H and O–H groups in total. The van der Waals surface area contributed by atoms with Crippen molar-refractivity contribution >= 4 is 11.4 Å². The van der Waals surface area contributed by atoms with Crippen LogP contribution in [-0.2, 0) is 25.7 Å². The van der Waals surface area contributed by atoms with E-state index < -0.39 is 0 Å². The number of anilines is 2. The van der Waals surface area contributed by atoms with Crippen molar-refractivity contribution in [3.8, 4) is 23.0 Å². The molecule has 6 heteroatoms. The Morgan fingerprint density at radius 1 is 0.413 bits per heavy atom. The van der Waals surface area contributed by atoms with E-state index in [1.54, 1.807) is 0 Å². The number of fused-ring (bicyclic) bond motifs is 8. The van der Waals surface area contributed by atoms with Crippen molar-refractivity contribution in [3.05, 3.63) is 105 Å². The molecular weight excluding hydrogens is 572 g/mol. The summed E-state index contributed by atoms with van der Waals surface area (Å²) in [6.07, 6.45) is 6.16. The summed E-state index contributed by atoms with van der Waals surface area (Å²) in [6, 6.07) is 21.1. The summed E-state index contributed by atoms with van der Waals surface area (Å²) in [6.45, 7) is 11.0. The van der Waals surface area contributed by atoms with E-state index in [4.69, 9.17) is 30.4 Å². The van der Waals surface area contributed by atoms with E-state index in [0.29, 0.717) is 63.5 Å².